The molecular weight excluding hydrogens is 335 g/mol. The van der Waals surface area contributed by atoms with Crippen LogP contribution in [0.1, 0.15) is 40.4 Å². The van der Waals surface area contributed by atoms with Crippen LogP contribution in [-0.4, -0.2) is 29.6 Å². The second-order valence-electron chi connectivity index (χ2n) is 6.58. The number of nitrogens with one attached hydrogen (secondary N) is 1. The van der Waals surface area contributed by atoms with Crippen molar-refractivity contribution in [3.05, 3.63) is 65.2 Å². The second kappa shape index (κ2) is 6.78. The number of ether oxygens (including phenoxy) is 1. The number of benzene rings is 2. The van der Waals surface area contributed by atoms with Crippen molar-refractivity contribution in [1.29, 1.82) is 0 Å². The Kier molecular flexibility index (Phi) is 4.32. The first kappa shape index (κ1) is 16.6. The second-order valence-corrected chi connectivity index (χ2v) is 6.58. The van der Waals surface area contributed by atoms with Crippen molar-refractivity contribution in [2.75, 3.05) is 6.54 Å². The van der Waals surface area contributed by atoms with E-state index in [1.54, 1.807) is 18.2 Å². The van der Waals surface area contributed by atoms with Crippen molar-refractivity contribution in [2.24, 2.45) is 0 Å². The molecule has 0 aromatic heterocycles. The number of rotatable bonds is 2. The fourth-order valence-corrected chi connectivity index (χ4v) is 3.61. The molecule has 134 valence electrons. The lowest BCUT2D eigenvalue weighted by Crippen LogP contribution is -2.45. The molecule has 4 rings (SSSR count). The first-order valence-electron chi connectivity index (χ1n) is 8.72. The number of fused-ring (bicyclic) bond motifs is 1. The molecule has 2 heterocycles. The lowest BCUT2D eigenvalue weighted by atomic mass is 9.94. The van der Waals surface area contributed by atoms with E-state index < -0.39 is 18.3 Å². The number of amides is 2. The van der Waals surface area contributed by atoms with Crippen molar-refractivity contribution in [3.8, 4) is 5.75 Å². The predicted molar refractivity (Wildman–Crippen MR) is 93.7 cm³/mol. The Balaban J connectivity index is 1.56. The van der Waals surface area contributed by atoms with Crippen molar-refractivity contribution in [3.63, 3.8) is 0 Å². The number of halogens is 1. The van der Waals surface area contributed by atoms with Crippen molar-refractivity contribution in [2.45, 2.75) is 31.6 Å². The number of hydrogen-bond donors (Lipinski definition) is 1. The fourth-order valence-electron chi connectivity index (χ4n) is 3.61. The minimum atomic E-state index is -1.13. The summed E-state index contributed by atoms with van der Waals surface area (Å²) in [7, 11) is 0. The standard InChI is InChI=1S/C20H19FN2O3/c21-17-7-4-10-23(18(17)13-5-2-1-3-6-13)20(25)26-15-9-8-14-12-22-19(24)16(14)11-15/h1-3,5-6,8-9,11,17-18H,4,7,10,12H2,(H,22,24). The van der Waals surface area contributed by atoms with Crippen LogP contribution in [0.3, 0.4) is 0 Å². The largest absolute Gasteiger partial charge is 0.415 e. The predicted octanol–water partition coefficient (Wildman–Crippen LogP) is 3.60. The topological polar surface area (TPSA) is 58.6 Å². The maximum Gasteiger partial charge on any atom is 0.415 e. The molecule has 2 atom stereocenters. The van der Waals surface area contributed by atoms with Gasteiger partial charge in [-0.25, -0.2) is 9.18 Å². The summed E-state index contributed by atoms with van der Waals surface area (Å²) < 4.78 is 20.1. The number of carbonyl (C=O) groups excluding carboxylic acids is 2. The summed E-state index contributed by atoms with van der Waals surface area (Å²) in [6.07, 6.45) is -0.724. The van der Waals surface area contributed by atoms with Crippen molar-refractivity contribution >= 4 is 12.0 Å². The van der Waals surface area contributed by atoms with Gasteiger partial charge in [-0.3, -0.25) is 9.69 Å². The Morgan fingerprint density at radius 2 is 2.00 bits per heavy atom. The molecule has 1 saturated heterocycles. The molecule has 0 spiro atoms. The maximum absolute atomic E-state index is 14.6. The third-order valence-electron chi connectivity index (χ3n) is 4.90. The zero-order valence-electron chi connectivity index (χ0n) is 14.2. The van der Waals surface area contributed by atoms with E-state index in [0.717, 1.165) is 11.1 Å². The minimum Gasteiger partial charge on any atom is -0.410 e. The molecule has 1 fully saturated rings. The van der Waals surface area contributed by atoms with Crippen LogP contribution in [0.4, 0.5) is 9.18 Å². The monoisotopic (exact) mass is 354 g/mol. The molecule has 2 unspecified atom stereocenters. The molecule has 2 aliphatic heterocycles. The first-order chi connectivity index (χ1) is 12.6. The van der Waals surface area contributed by atoms with Gasteiger partial charge in [0.05, 0.1) is 6.04 Å². The van der Waals surface area contributed by atoms with Gasteiger partial charge in [0.1, 0.15) is 11.9 Å². The van der Waals surface area contributed by atoms with Gasteiger partial charge >= 0.3 is 6.09 Å². The average molecular weight is 354 g/mol. The van der Waals surface area contributed by atoms with Crippen LogP contribution in [0, 0.1) is 0 Å². The Bertz CT molecular complexity index is 840. The van der Waals surface area contributed by atoms with Crippen LogP contribution in [0.25, 0.3) is 0 Å². The highest BCUT2D eigenvalue weighted by Gasteiger charge is 2.36. The van der Waals surface area contributed by atoms with Crippen LogP contribution in [0.15, 0.2) is 48.5 Å². The number of nitrogens with zero attached hydrogens (tertiary/aromatic N) is 1. The minimum absolute atomic E-state index is 0.179. The highest BCUT2D eigenvalue weighted by molar-refractivity contribution is 5.98. The third kappa shape index (κ3) is 3.03. The Labute approximate surface area is 150 Å². The van der Waals surface area contributed by atoms with Crippen LogP contribution < -0.4 is 10.1 Å². The summed E-state index contributed by atoms with van der Waals surface area (Å²) in [5.41, 5.74) is 2.14. The summed E-state index contributed by atoms with van der Waals surface area (Å²) in [5, 5.41) is 2.72. The van der Waals surface area contributed by atoms with Gasteiger partial charge in [-0.1, -0.05) is 36.4 Å². The first-order valence-corrected chi connectivity index (χ1v) is 8.72. The Morgan fingerprint density at radius 3 is 2.81 bits per heavy atom. The van der Waals surface area contributed by atoms with Gasteiger partial charge < -0.3 is 10.1 Å². The van der Waals surface area contributed by atoms with E-state index >= 15 is 0 Å². The van der Waals surface area contributed by atoms with Crippen LogP contribution in [0.5, 0.6) is 5.75 Å². The quantitative estimate of drug-likeness (QED) is 0.896. The van der Waals surface area contributed by atoms with Gasteiger partial charge in [0.15, 0.2) is 0 Å². The van der Waals surface area contributed by atoms with Gasteiger partial charge in [0.25, 0.3) is 5.91 Å². The normalized spacial score (nSPS) is 21.9. The molecule has 0 bridgehead atoms. The van der Waals surface area contributed by atoms with Gasteiger partial charge in [-0.05, 0) is 36.1 Å². The SMILES string of the molecule is O=C1NCc2ccc(OC(=O)N3CCCC(F)C3c3ccccc3)cc21. The summed E-state index contributed by atoms with van der Waals surface area (Å²) in [6.45, 7) is 0.915. The average Bonchev–Trinajstić information content (AvgIpc) is 3.03. The lowest BCUT2D eigenvalue weighted by Gasteiger charge is -2.37. The molecule has 2 aliphatic rings. The summed E-state index contributed by atoms with van der Waals surface area (Å²) >= 11 is 0. The maximum atomic E-state index is 14.6. The van der Waals surface area contributed by atoms with Crippen LogP contribution >= 0.6 is 0 Å². The molecule has 26 heavy (non-hydrogen) atoms. The van der Waals surface area contributed by atoms with Crippen LogP contribution in [0.2, 0.25) is 0 Å². The number of likely N-dealkylation sites (tertiary alicyclic amines) is 1. The smallest absolute Gasteiger partial charge is 0.410 e. The Morgan fingerprint density at radius 1 is 1.19 bits per heavy atom. The molecule has 5 nitrogen and oxygen atoms in total. The third-order valence-corrected chi connectivity index (χ3v) is 4.90. The van der Waals surface area contributed by atoms with E-state index in [4.69, 9.17) is 4.74 Å². The number of carbonyl (C=O) groups is 2. The van der Waals surface area contributed by atoms with E-state index in [0.29, 0.717) is 37.2 Å². The van der Waals surface area contributed by atoms with Crippen molar-refractivity contribution < 1.29 is 18.7 Å². The Hall–Kier alpha value is -2.89. The molecule has 2 aromatic rings. The molecule has 0 radical (unpaired) electrons. The zero-order chi connectivity index (χ0) is 18.1. The van der Waals surface area contributed by atoms with Crippen LogP contribution in [-0.2, 0) is 6.54 Å². The summed E-state index contributed by atoms with van der Waals surface area (Å²) in [4.78, 5) is 25.9. The molecule has 6 heteroatoms. The molecular formula is C20H19FN2O3. The van der Waals surface area contributed by atoms with Gasteiger partial charge in [-0.15, -0.1) is 0 Å². The van der Waals surface area contributed by atoms with Gasteiger partial charge in [0, 0.05) is 18.7 Å². The molecule has 2 amide bonds. The molecule has 1 N–H and O–H groups in total. The lowest BCUT2D eigenvalue weighted by molar-refractivity contribution is 0.0642. The zero-order valence-corrected chi connectivity index (χ0v) is 14.2. The van der Waals surface area contributed by atoms with E-state index in [1.807, 2.05) is 30.3 Å². The van der Waals surface area contributed by atoms with Gasteiger partial charge in [0.2, 0.25) is 0 Å². The number of hydrogen-bond acceptors (Lipinski definition) is 3. The molecule has 0 saturated carbocycles. The highest BCUT2D eigenvalue weighted by atomic mass is 19.1. The van der Waals surface area contributed by atoms with E-state index in [2.05, 4.69) is 5.32 Å². The summed E-state index contributed by atoms with van der Waals surface area (Å²) in [5.74, 6) is 0.112. The van der Waals surface area contributed by atoms with E-state index in [-0.39, 0.29) is 5.91 Å². The fraction of sp³-hybridized carbons (Fsp3) is 0.300. The van der Waals surface area contributed by atoms with Gasteiger partial charge in [-0.2, -0.15) is 0 Å². The van der Waals surface area contributed by atoms with Crippen molar-refractivity contribution in [1.82, 2.24) is 10.2 Å². The molecule has 0 aliphatic carbocycles. The number of alkyl halides is 1. The van der Waals surface area contributed by atoms with E-state index in [1.165, 1.54) is 4.90 Å². The summed E-state index contributed by atoms with van der Waals surface area (Å²) in [6, 6.07) is 13.5. The molecule has 2 aromatic carbocycles. The van der Waals surface area contributed by atoms with E-state index in [9.17, 15) is 14.0 Å². The highest BCUT2D eigenvalue weighted by Crippen LogP contribution is 2.34. The number of piperidine rings is 1.